The average Bonchev–Trinajstić information content (AvgIpc) is 2.80. The molecule has 1 unspecified atom stereocenters. The second-order valence-electron chi connectivity index (χ2n) is 5.31. The van der Waals surface area contributed by atoms with E-state index < -0.39 is 0 Å². The average molecular weight is 257 g/mol. The first kappa shape index (κ1) is 15.4. The molecule has 0 radical (unpaired) electrons. The Kier molecular flexibility index (Phi) is 7.28. The van der Waals surface area contributed by atoms with Crippen LogP contribution in [0.2, 0.25) is 0 Å². The van der Waals surface area contributed by atoms with E-state index in [2.05, 4.69) is 5.32 Å². The van der Waals surface area contributed by atoms with E-state index in [0.29, 0.717) is 19.1 Å². The normalized spacial score (nSPS) is 18.2. The lowest BCUT2D eigenvalue weighted by atomic mass is 10.1. The molecule has 0 aliphatic heterocycles. The van der Waals surface area contributed by atoms with Crippen LogP contribution in [0.1, 0.15) is 46.5 Å². The molecule has 1 rings (SSSR count). The van der Waals surface area contributed by atoms with Gasteiger partial charge in [-0.15, -0.1) is 0 Å². The van der Waals surface area contributed by atoms with Crippen molar-refractivity contribution in [2.75, 3.05) is 19.8 Å². The van der Waals surface area contributed by atoms with Crippen molar-refractivity contribution >= 4 is 5.97 Å². The highest BCUT2D eigenvalue weighted by Gasteiger charge is 2.22. The molecule has 4 nitrogen and oxygen atoms in total. The maximum absolute atomic E-state index is 11.7. The summed E-state index contributed by atoms with van der Waals surface area (Å²) in [6.45, 7) is 7.46. The number of carbonyl (C=O) groups excluding carboxylic acids is 1. The summed E-state index contributed by atoms with van der Waals surface area (Å²) in [4.78, 5) is 11.7. The molecule has 106 valence electrons. The van der Waals surface area contributed by atoms with Crippen LogP contribution in [-0.4, -0.2) is 37.9 Å². The van der Waals surface area contributed by atoms with Gasteiger partial charge < -0.3 is 14.8 Å². The smallest absolute Gasteiger partial charge is 0.325 e. The van der Waals surface area contributed by atoms with Crippen LogP contribution >= 0.6 is 0 Å². The van der Waals surface area contributed by atoms with Gasteiger partial charge in [0.1, 0.15) is 6.04 Å². The zero-order valence-corrected chi connectivity index (χ0v) is 11.9. The van der Waals surface area contributed by atoms with Crippen molar-refractivity contribution in [3.63, 3.8) is 0 Å². The third-order valence-corrected chi connectivity index (χ3v) is 3.22. The highest BCUT2D eigenvalue weighted by atomic mass is 16.5. The SMILES string of the molecule is CCOC(=O)C(COCC1CCCC1)NC(C)C. The molecule has 1 aliphatic rings. The molecule has 0 amide bonds. The molecule has 0 bridgehead atoms. The van der Waals surface area contributed by atoms with Gasteiger partial charge in [-0.3, -0.25) is 4.79 Å². The highest BCUT2D eigenvalue weighted by Crippen LogP contribution is 2.24. The minimum Gasteiger partial charge on any atom is -0.465 e. The van der Waals surface area contributed by atoms with Gasteiger partial charge in [-0.1, -0.05) is 26.7 Å². The minimum atomic E-state index is -0.341. The van der Waals surface area contributed by atoms with Crippen molar-refractivity contribution in [2.45, 2.75) is 58.5 Å². The Morgan fingerprint density at radius 3 is 2.56 bits per heavy atom. The summed E-state index contributed by atoms with van der Waals surface area (Å²) in [7, 11) is 0. The summed E-state index contributed by atoms with van der Waals surface area (Å²) in [6.07, 6.45) is 5.17. The number of hydrogen-bond donors (Lipinski definition) is 1. The molecule has 0 aromatic rings. The van der Waals surface area contributed by atoms with Gasteiger partial charge in [0.15, 0.2) is 0 Å². The standard InChI is InChI=1S/C14H27NO3/c1-4-18-14(16)13(15-11(2)3)10-17-9-12-7-5-6-8-12/h11-13,15H,4-10H2,1-3H3. The van der Waals surface area contributed by atoms with Gasteiger partial charge >= 0.3 is 5.97 Å². The summed E-state index contributed by atoms with van der Waals surface area (Å²) < 4.78 is 10.7. The summed E-state index contributed by atoms with van der Waals surface area (Å²) in [5.74, 6) is 0.476. The fraction of sp³-hybridized carbons (Fsp3) is 0.929. The monoisotopic (exact) mass is 257 g/mol. The van der Waals surface area contributed by atoms with Crippen LogP contribution < -0.4 is 5.32 Å². The summed E-state index contributed by atoms with van der Waals surface area (Å²) in [6, 6.07) is -0.0964. The van der Waals surface area contributed by atoms with Crippen molar-refractivity contribution in [3.8, 4) is 0 Å². The quantitative estimate of drug-likeness (QED) is 0.677. The van der Waals surface area contributed by atoms with Gasteiger partial charge in [-0.05, 0) is 25.7 Å². The lowest BCUT2D eigenvalue weighted by Crippen LogP contribution is -2.45. The van der Waals surface area contributed by atoms with E-state index in [0.717, 1.165) is 6.61 Å². The van der Waals surface area contributed by atoms with Crippen molar-refractivity contribution in [2.24, 2.45) is 5.92 Å². The van der Waals surface area contributed by atoms with Gasteiger partial charge in [0.05, 0.1) is 13.2 Å². The van der Waals surface area contributed by atoms with Crippen molar-refractivity contribution < 1.29 is 14.3 Å². The van der Waals surface area contributed by atoms with E-state index in [1.165, 1.54) is 25.7 Å². The number of ether oxygens (including phenoxy) is 2. The third kappa shape index (κ3) is 5.83. The molecule has 1 N–H and O–H groups in total. The molecule has 0 aromatic heterocycles. The van der Waals surface area contributed by atoms with Gasteiger partial charge in [0.2, 0.25) is 0 Å². The second kappa shape index (κ2) is 8.48. The maximum Gasteiger partial charge on any atom is 0.325 e. The molecule has 0 heterocycles. The predicted octanol–water partition coefficient (Wildman–Crippen LogP) is 2.12. The van der Waals surface area contributed by atoms with E-state index in [4.69, 9.17) is 9.47 Å². The lowest BCUT2D eigenvalue weighted by Gasteiger charge is -2.20. The third-order valence-electron chi connectivity index (χ3n) is 3.22. The number of esters is 1. The van der Waals surface area contributed by atoms with Gasteiger partial charge in [0.25, 0.3) is 0 Å². The molecule has 0 spiro atoms. The van der Waals surface area contributed by atoms with Crippen LogP contribution in [0.3, 0.4) is 0 Å². The Morgan fingerprint density at radius 2 is 2.00 bits per heavy atom. The number of rotatable bonds is 8. The zero-order valence-electron chi connectivity index (χ0n) is 11.9. The molecule has 1 aliphatic carbocycles. The van der Waals surface area contributed by atoms with E-state index in [9.17, 15) is 4.79 Å². The molecular formula is C14H27NO3. The van der Waals surface area contributed by atoms with Crippen molar-refractivity contribution in [1.82, 2.24) is 5.32 Å². The van der Waals surface area contributed by atoms with E-state index in [1.54, 1.807) is 0 Å². The first-order chi connectivity index (χ1) is 8.63. The van der Waals surface area contributed by atoms with Crippen LogP contribution in [0.5, 0.6) is 0 Å². The fourth-order valence-corrected chi connectivity index (χ4v) is 2.36. The molecular weight excluding hydrogens is 230 g/mol. The molecule has 0 aromatic carbocycles. The summed E-state index contributed by atoms with van der Waals surface area (Å²) >= 11 is 0. The van der Waals surface area contributed by atoms with E-state index in [-0.39, 0.29) is 18.1 Å². The molecule has 1 saturated carbocycles. The molecule has 0 saturated heterocycles. The van der Waals surface area contributed by atoms with Crippen LogP contribution in [0.4, 0.5) is 0 Å². The van der Waals surface area contributed by atoms with Crippen LogP contribution in [-0.2, 0) is 14.3 Å². The number of hydrogen-bond acceptors (Lipinski definition) is 4. The summed E-state index contributed by atoms with van der Waals surface area (Å²) in [5, 5.41) is 3.19. The first-order valence-corrected chi connectivity index (χ1v) is 7.14. The second-order valence-corrected chi connectivity index (χ2v) is 5.31. The number of nitrogens with one attached hydrogen (secondary N) is 1. The van der Waals surface area contributed by atoms with Crippen molar-refractivity contribution in [3.05, 3.63) is 0 Å². The maximum atomic E-state index is 11.7. The van der Waals surface area contributed by atoms with Gasteiger partial charge in [0, 0.05) is 12.6 Å². The Hall–Kier alpha value is -0.610. The summed E-state index contributed by atoms with van der Waals surface area (Å²) in [5.41, 5.74) is 0. The molecule has 4 heteroatoms. The Labute approximate surface area is 110 Å². The Morgan fingerprint density at radius 1 is 1.33 bits per heavy atom. The van der Waals surface area contributed by atoms with Gasteiger partial charge in [-0.2, -0.15) is 0 Å². The zero-order chi connectivity index (χ0) is 13.4. The topological polar surface area (TPSA) is 47.6 Å². The van der Waals surface area contributed by atoms with Crippen LogP contribution in [0.15, 0.2) is 0 Å². The van der Waals surface area contributed by atoms with Gasteiger partial charge in [-0.25, -0.2) is 0 Å². The van der Waals surface area contributed by atoms with E-state index >= 15 is 0 Å². The largest absolute Gasteiger partial charge is 0.465 e. The number of carbonyl (C=O) groups is 1. The minimum absolute atomic E-state index is 0.211. The first-order valence-electron chi connectivity index (χ1n) is 7.14. The van der Waals surface area contributed by atoms with Crippen molar-refractivity contribution in [1.29, 1.82) is 0 Å². The highest BCUT2D eigenvalue weighted by molar-refractivity contribution is 5.75. The molecule has 1 fully saturated rings. The lowest BCUT2D eigenvalue weighted by molar-refractivity contribution is -0.147. The molecule has 1 atom stereocenters. The fourth-order valence-electron chi connectivity index (χ4n) is 2.36. The Bertz CT molecular complexity index is 237. The van der Waals surface area contributed by atoms with Crippen LogP contribution in [0.25, 0.3) is 0 Å². The Balaban J connectivity index is 2.27. The van der Waals surface area contributed by atoms with E-state index in [1.807, 2.05) is 20.8 Å². The molecule has 18 heavy (non-hydrogen) atoms. The van der Waals surface area contributed by atoms with Crippen LogP contribution in [0, 0.1) is 5.92 Å². The predicted molar refractivity (Wildman–Crippen MR) is 71.5 cm³/mol.